The van der Waals surface area contributed by atoms with Crippen molar-refractivity contribution in [1.29, 1.82) is 0 Å². The van der Waals surface area contributed by atoms with Gasteiger partial charge < -0.3 is 14.2 Å². The number of nitrogens with zero attached hydrogens (tertiary/aromatic N) is 4. The van der Waals surface area contributed by atoms with E-state index in [-0.39, 0.29) is 5.91 Å². The molecule has 1 aromatic heterocycles. The predicted molar refractivity (Wildman–Crippen MR) is 122 cm³/mol. The van der Waals surface area contributed by atoms with Gasteiger partial charge in [-0.3, -0.25) is 9.69 Å². The summed E-state index contributed by atoms with van der Waals surface area (Å²) in [6, 6.07) is 14.3. The molecule has 2 aliphatic rings. The van der Waals surface area contributed by atoms with Crippen LogP contribution in [0.3, 0.4) is 0 Å². The molecule has 2 aliphatic heterocycles. The van der Waals surface area contributed by atoms with Crippen molar-refractivity contribution in [2.75, 3.05) is 32.8 Å². The number of rotatable bonds is 6. The molecule has 166 valence electrons. The summed E-state index contributed by atoms with van der Waals surface area (Å²) in [5, 5.41) is 3.83. The van der Waals surface area contributed by atoms with Gasteiger partial charge in [-0.05, 0) is 36.2 Å². The van der Waals surface area contributed by atoms with Crippen molar-refractivity contribution >= 4 is 17.7 Å². The van der Waals surface area contributed by atoms with E-state index in [4.69, 9.17) is 9.26 Å². The monoisotopic (exact) mass is 450 g/mol. The van der Waals surface area contributed by atoms with E-state index in [9.17, 15) is 4.79 Å². The van der Waals surface area contributed by atoms with Gasteiger partial charge in [0.25, 0.3) is 5.91 Å². The maximum Gasteiger partial charge on any atom is 0.255 e. The van der Waals surface area contributed by atoms with Crippen LogP contribution in [-0.2, 0) is 18.7 Å². The minimum Gasteiger partial charge on any atom is -0.493 e. The van der Waals surface area contributed by atoms with Crippen LogP contribution >= 0.6 is 11.8 Å². The number of ether oxygens (including phenoxy) is 1. The largest absolute Gasteiger partial charge is 0.493 e. The average molecular weight is 451 g/mol. The van der Waals surface area contributed by atoms with Gasteiger partial charge in [-0.25, -0.2) is 0 Å². The molecule has 32 heavy (non-hydrogen) atoms. The highest BCUT2D eigenvalue weighted by atomic mass is 32.2. The van der Waals surface area contributed by atoms with Crippen LogP contribution in [0.25, 0.3) is 0 Å². The fourth-order valence-electron chi connectivity index (χ4n) is 4.18. The Morgan fingerprint density at radius 3 is 2.78 bits per heavy atom. The molecular weight excluding hydrogens is 424 g/mol. The Hall–Kier alpha value is -2.84. The lowest BCUT2D eigenvalue weighted by Crippen LogP contribution is -2.48. The summed E-state index contributed by atoms with van der Waals surface area (Å²) in [6.45, 7) is 6.70. The lowest BCUT2D eigenvalue weighted by atomic mass is 10.1. The van der Waals surface area contributed by atoms with Crippen molar-refractivity contribution in [2.45, 2.75) is 30.5 Å². The Morgan fingerprint density at radius 2 is 1.97 bits per heavy atom. The highest BCUT2D eigenvalue weighted by Gasteiger charge is 2.24. The molecule has 0 N–H and O–H groups in total. The quantitative estimate of drug-likeness (QED) is 0.532. The van der Waals surface area contributed by atoms with Crippen molar-refractivity contribution in [3.63, 3.8) is 0 Å². The van der Waals surface area contributed by atoms with Crippen LogP contribution in [0.2, 0.25) is 0 Å². The molecule has 8 heteroatoms. The maximum atomic E-state index is 13.3. The standard InChI is InChI=1S/C24H26N4O3S/c1-17-25-23(31-26-17)16-32-22-5-3-2-4-20(22)24(29)28-11-9-27(10-12-28)15-18-6-7-21-19(14-18)8-13-30-21/h2-7,14H,8-13,15-16H2,1H3. The van der Waals surface area contributed by atoms with E-state index < -0.39 is 0 Å². The molecule has 5 rings (SSSR count). The number of benzene rings is 2. The zero-order chi connectivity index (χ0) is 21.9. The number of aromatic nitrogens is 2. The van der Waals surface area contributed by atoms with E-state index in [0.717, 1.165) is 62.0 Å². The normalized spacial score (nSPS) is 16.1. The summed E-state index contributed by atoms with van der Waals surface area (Å²) in [4.78, 5) is 22.8. The van der Waals surface area contributed by atoms with E-state index in [1.807, 2.05) is 29.2 Å². The van der Waals surface area contributed by atoms with Gasteiger partial charge in [0.2, 0.25) is 5.89 Å². The molecule has 1 saturated heterocycles. The van der Waals surface area contributed by atoms with Crippen LogP contribution < -0.4 is 4.74 Å². The summed E-state index contributed by atoms with van der Waals surface area (Å²) in [5.41, 5.74) is 3.36. The summed E-state index contributed by atoms with van der Waals surface area (Å²) >= 11 is 1.55. The minimum atomic E-state index is 0.0872. The summed E-state index contributed by atoms with van der Waals surface area (Å²) in [7, 11) is 0. The van der Waals surface area contributed by atoms with Gasteiger partial charge in [0.15, 0.2) is 5.82 Å². The Kier molecular flexibility index (Phi) is 6.14. The fraction of sp³-hybridized carbons (Fsp3) is 0.375. The van der Waals surface area contributed by atoms with E-state index in [2.05, 4.69) is 33.2 Å². The molecule has 7 nitrogen and oxygen atoms in total. The smallest absolute Gasteiger partial charge is 0.255 e. The first-order chi connectivity index (χ1) is 15.7. The summed E-state index contributed by atoms with van der Waals surface area (Å²) in [6.07, 6.45) is 0.995. The second-order valence-corrected chi connectivity index (χ2v) is 9.15. The lowest BCUT2D eigenvalue weighted by Gasteiger charge is -2.35. The minimum absolute atomic E-state index is 0.0872. The van der Waals surface area contributed by atoms with E-state index in [1.54, 1.807) is 18.7 Å². The third-order valence-corrected chi connectivity index (χ3v) is 6.92. The Balaban J connectivity index is 1.18. The SMILES string of the molecule is Cc1noc(CSc2ccccc2C(=O)N2CCN(Cc3ccc4c(c3)CCO4)CC2)n1. The molecule has 3 aromatic rings. The van der Waals surface area contributed by atoms with E-state index in [1.165, 1.54) is 11.1 Å². The second kappa shape index (κ2) is 9.34. The van der Waals surface area contributed by atoms with Crippen LogP contribution in [0.1, 0.15) is 33.2 Å². The molecule has 0 atom stereocenters. The van der Waals surface area contributed by atoms with E-state index >= 15 is 0 Å². The van der Waals surface area contributed by atoms with Crippen LogP contribution in [0.5, 0.6) is 5.75 Å². The Morgan fingerprint density at radius 1 is 1.12 bits per heavy atom. The average Bonchev–Trinajstić information content (AvgIpc) is 3.46. The van der Waals surface area contributed by atoms with Crippen molar-refractivity contribution < 1.29 is 14.1 Å². The first kappa shape index (κ1) is 21.0. The van der Waals surface area contributed by atoms with Gasteiger partial charge in [0.05, 0.1) is 17.9 Å². The Bertz CT molecular complexity index is 1110. The summed E-state index contributed by atoms with van der Waals surface area (Å²) < 4.78 is 10.8. The topological polar surface area (TPSA) is 71.7 Å². The summed E-state index contributed by atoms with van der Waals surface area (Å²) in [5.74, 6) is 2.85. The third-order valence-electron chi connectivity index (χ3n) is 5.86. The van der Waals surface area contributed by atoms with E-state index in [0.29, 0.717) is 17.5 Å². The molecule has 1 fully saturated rings. The van der Waals surface area contributed by atoms with Gasteiger partial charge in [-0.1, -0.05) is 29.4 Å². The molecule has 0 spiro atoms. The number of thioether (sulfide) groups is 1. The number of amides is 1. The lowest BCUT2D eigenvalue weighted by molar-refractivity contribution is 0.0625. The van der Waals surface area contributed by atoms with Crippen molar-refractivity contribution in [3.8, 4) is 5.75 Å². The third kappa shape index (κ3) is 4.66. The molecule has 3 heterocycles. The van der Waals surface area contributed by atoms with Crippen molar-refractivity contribution in [3.05, 3.63) is 70.9 Å². The highest BCUT2D eigenvalue weighted by Crippen LogP contribution is 2.28. The molecular formula is C24H26N4O3S. The van der Waals surface area contributed by atoms with Gasteiger partial charge in [-0.2, -0.15) is 4.98 Å². The van der Waals surface area contributed by atoms with Crippen LogP contribution in [0.15, 0.2) is 51.9 Å². The number of aryl methyl sites for hydroxylation is 1. The zero-order valence-electron chi connectivity index (χ0n) is 18.1. The number of carbonyl (C=O) groups excluding carboxylic acids is 1. The molecule has 0 bridgehead atoms. The second-order valence-electron chi connectivity index (χ2n) is 8.13. The number of hydrogen-bond acceptors (Lipinski definition) is 7. The number of piperazine rings is 1. The first-order valence-electron chi connectivity index (χ1n) is 10.9. The number of carbonyl (C=O) groups is 1. The molecule has 0 aliphatic carbocycles. The van der Waals surface area contributed by atoms with Crippen LogP contribution in [-0.4, -0.2) is 58.6 Å². The van der Waals surface area contributed by atoms with Gasteiger partial charge in [-0.15, -0.1) is 11.8 Å². The zero-order valence-corrected chi connectivity index (χ0v) is 18.9. The van der Waals surface area contributed by atoms with Crippen LogP contribution in [0, 0.1) is 6.92 Å². The predicted octanol–water partition coefficient (Wildman–Crippen LogP) is 3.56. The van der Waals surface area contributed by atoms with Gasteiger partial charge >= 0.3 is 0 Å². The molecule has 1 amide bonds. The van der Waals surface area contributed by atoms with Crippen LogP contribution in [0.4, 0.5) is 0 Å². The molecule has 2 aromatic carbocycles. The number of hydrogen-bond donors (Lipinski definition) is 0. The first-order valence-corrected chi connectivity index (χ1v) is 11.9. The van der Waals surface area contributed by atoms with Gasteiger partial charge in [0, 0.05) is 44.0 Å². The van der Waals surface area contributed by atoms with Crippen molar-refractivity contribution in [1.82, 2.24) is 19.9 Å². The van der Waals surface area contributed by atoms with Gasteiger partial charge in [0.1, 0.15) is 5.75 Å². The Labute approximate surface area is 191 Å². The molecule has 0 unspecified atom stereocenters. The van der Waals surface area contributed by atoms with Crippen molar-refractivity contribution in [2.24, 2.45) is 0 Å². The maximum absolute atomic E-state index is 13.3. The molecule has 0 saturated carbocycles. The molecule has 0 radical (unpaired) electrons. The highest BCUT2D eigenvalue weighted by molar-refractivity contribution is 7.98. The fourth-order valence-corrected chi connectivity index (χ4v) is 5.07. The number of fused-ring (bicyclic) bond motifs is 1.